The van der Waals surface area contributed by atoms with Crippen LogP contribution in [0.3, 0.4) is 0 Å². The van der Waals surface area contributed by atoms with Crippen molar-refractivity contribution in [3.63, 3.8) is 0 Å². The second kappa shape index (κ2) is 17.9. The largest absolute Gasteiger partial charge is 0.442 e. The molecule has 30 heteroatoms. The zero-order valence-corrected chi connectivity index (χ0v) is 35.1. The molecule has 4 bridgehead atoms. The zero-order chi connectivity index (χ0) is 44.5. The van der Waals surface area contributed by atoms with E-state index in [1.165, 1.54) is 4.90 Å². The van der Waals surface area contributed by atoms with Crippen LogP contribution in [0.15, 0.2) is 0 Å². The van der Waals surface area contributed by atoms with Gasteiger partial charge < -0.3 is 19.3 Å². The maximum absolute atomic E-state index is 12.8. The van der Waals surface area contributed by atoms with Gasteiger partial charge in [0.15, 0.2) is 0 Å². The van der Waals surface area contributed by atoms with Gasteiger partial charge in [0.05, 0.1) is 25.2 Å². The number of fused-ring (bicyclic) bond motifs is 4. The first kappa shape index (κ1) is 46.7. The predicted octanol–water partition coefficient (Wildman–Crippen LogP) is -1.68. The number of nitrogens with zero attached hydrogens (tertiary/aromatic N) is 6. The molecule has 6 fully saturated rings. The van der Waals surface area contributed by atoms with E-state index in [4.69, 9.17) is 28.3 Å². The van der Waals surface area contributed by atoms with Gasteiger partial charge in [0.2, 0.25) is 0 Å². The lowest BCUT2D eigenvalue weighted by atomic mass is 10.0. The monoisotopic (exact) mass is 902 g/mol. The summed E-state index contributed by atoms with van der Waals surface area (Å²) < 4.78 is 80.6. The fourth-order valence-electron chi connectivity index (χ4n) is 6.85. The molecule has 4 atom stereocenters. The highest BCUT2D eigenvalue weighted by Crippen LogP contribution is 2.32. The van der Waals surface area contributed by atoms with Crippen molar-refractivity contribution >= 4 is 56.9 Å². The van der Waals surface area contributed by atoms with Crippen LogP contribution >= 0.6 is 0 Å². The Bertz CT molecular complexity index is 1850. The Morgan fingerprint density at radius 1 is 0.617 bits per heavy atom. The summed E-state index contributed by atoms with van der Waals surface area (Å²) in [5, 5.41) is 3.16. The number of hydrogen-bond donors (Lipinski definition) is 6. The Kier molecular flexibility index (Phi) is 13.9. The molecule has 6 N–H and O–H groups in total. The lowest BCUT2D eigenvalue weighted by molar-refractivity contribution is -0.143. The number of carbonyl (C=O) groups excluding carboxylic acids is 6. The van der Waals surface area contributed by atoms with Gasteiger partial charge in [-0.1, -0.05) is 0 Å². The van der Waals surface area contributed by atoms with E-state index in [9.17, 15) is 45.6 Å². The number of ether oxygens (including phenoxy) is 2. The number of piperidine rings is 2. The third kappa shape index (κ3) is 12.1. The van der Waals surface area contributed by atoms with Gasteiger partial charge in [0.25, 0.3) is 11.8 Å². The van der Waals surface area contributed by atoms with E-state index in [-0.39, 0.29) is 45.1 Å². The molecular formula is C30H50N10O18S2. The summed E-state index contributed by atoms with van der Waals surface area (Å²) in [6.45, 7) is 11.0. The Morgan fingerprint density at radius 3 is 1.33 bits per heavy atom. The average molecular weight is 903 g/mol. The molecule has 0 unspecified atom stereocenters. The maximum Gasteiger partial charge on any atom is 0.429 e. The molecule has 0 aromatic rings. The van der Waals surface area contributed by atoms with Gasteiger partial charge in [-0.25, -0.2) is 40.2 Å². The minimum atomic E-state index is -4.92. The van der Waals surface area contributed by atoms with Crippen molar-refractivity contribution < 1.29 is 82.4 Å². The minimum absolute atomic E-state index is 0.00864. The Hall–Kier alpha value is -4.40. The van der Waals surface area contributed by atoms with Crippen LogP contribution in [0.4, 0.5) is 19.2 Å². The van der Waals surface area contributed by atoms with Gasteiger partial charge >= 0.3 is 45.0 Å². The van der Waals surface area contributed by atoms with Crippen LogP contribution in [0.5, 0.6) is 0 Å². The molecule has 0 aromatic carbocycles. The molecular weight excluding hydrogens is 853 g/mol. The number of hydroxylamine groups is 6. The summed E-state index contributed by atoms with van der Waals surface area (Å²) in [6.07, 6.45) is -1.59. The van der Waals surface area contributed by atoms with Crippen molar-refractivity contribution in [1.29, 1.82) is 0 Å². The van der Waals surface area contributed by atoms with Gasteiger partial charge in [-0.3, -0.25) is 39.2 Å². The Balaban J connectivity index is 0.000000253. The lowest BCUT2D eigenvalue weighted by Crippen LogP contribution is -2.50. The predicted molar refractivity (Wildman–Crippen MR) is 195 cm³/mol. The number of rotatable bonds is 10. The summed E-state index contributed by atoms with van der Waals surface area (Å²) in [4.78, 5) is 88.1. The van der Waals surface area contributed by atoms with Crippen LogP contribution in [0.2, 0.25) is 0 Å². The van der Waals surface area contributed by atoms with Gasteiger partial charge in [0, 0.05) is 26.2 Å². The van der Waals surface area contributed by atoms with Crippen molar-refractivity contribution in [1.82, 2.24) is 51.8 Å². The summed E-state index contributed by atoms with van der Waals surface area (Å²) in [6, 6.07) is -4.64. The van der Waals surface area contributed by atoms with Crippen molar-refractivity contribution in [3.8, 4) is 0 Å². The molecule has 60 heavy (non-hydrogen) atoms. The maximum atomic E-state index is 12.8. The fourth-order valence-corrected chi connectivity index (χ4v) is 7.62. The topological polar surface area (TPSA) is 334 Å². The van der Waals surface area contributed by atoms with E-state index >= 15 is 0 Å². The Morgan fingerprint density at radius 2 is 0.983 bits per heavy atom. The second-order valence-electron chi connectivity index (χ2n) is 16.3. The summed E-state index contributed by atoms with van der Waals surface area (Å²) in [5.74, 6) is -1.18. The number of nitrogens with one attached hydrogen (secondary N) is 4. The van der Waals surface area contributed by atoms with Gasteiger partial charge in [-0.05, 0) is 67.2 Å². The van der Waals surface area contributed by atoms with E-state index in [0.29, 0.717) is 36.1 Å². The molecule has 6 aliphatic heterocycles. The molecule has 0 aliphatic carbocycles. The van der Waals surface area contributed by atoms with Crippen molar-refractivity contribution in [2.24, 2.45) is 0 Å². The number of hydrogen-bond acceptors (Lipinski definition) is 18. The van der Waals surface area contributed by atoms with Crippen LogP contribution in [-0.4, -0.2) is 179 Å². The van der Waals surface area contributed by atoms with Crippen molar-refractivity contribution in [3.05, 3.63) is 0 Å². The molecule has 6 heterocycles. The molecule has 340 valence electrons. The molecule has 0 saturated carbocycles. The van der Waals surface area contributed by atoms with E-state index in [0.717, 1.165) is 14.9 Å². The normalized spacial score (nSPS) is 25.1. The average Bonchev–Trinajstić information content (AvgIpc) is 3.90. The first-order chi connectivity index (χ1) is 27.7. The number of amides is 8. The first-order valence-corrected chi connectivity index (χ1v) is 21.3. The molecule has 6 saturated heterocycles. The van der Waals surface area contributed by atoms with Crippen molar-refractivity contribution in [2.75, 3.05) is 39.3 Å². The second-order valence-corrected chi connectivity index (χ2v) is 18.3. The van der Waals surface area contributed by atoms with E-state index in [1.54, 1.807) is 41.5 Å². The first-order valence-electron chi connectivity index (χ1n) is 18.6. The highest BCUT2D eigenvalue weighted by atomic mass is 32.3. The number of urea groups is 2. The summed E-state index contributed by atoms with van der Waals surface area (Å²) >= 11 is 0. The highest BCUT2D eigenvalue weighted by Gasteiger charge is 2.51. The number of hydrazine groups is 2. The van der Waals surface area contributed by atoms with Gasteiger partial charge in [0.1, 0.15) is 35.5 Å². The zero-order valence-electron chi connectivity index (χ0n) is 33.5. The lowest BCUT2D eigenvalue weighted by Gasteiger charge is -2.31. The van der Waals surface area contributed by atoms with Crippen LogP contribution in [0.1, 0.15) is 67.2 Å². The van der Waals surface area contributed by atoms with Crippen LogP contribution < -0.4 is 21.8 Å². The summed E-state index contributed by atoms with van der Waals surface area (Å²) in [5.41, 5.74) is 8.59. The van der Waals surface area contributed by atoms with Crippen molar-refractivity contribution in [2.45, 2.75) is 115 Å². The SMILES string of the molecule is CC(C)(C)OC(=O)N1CC(ONC(=O)[C@@H]2CC[C@@H]3CN2C(=O)N3OS(=O)(=O)O)CN1C(=O)OC(C)(C)C.O=C(NOC1CNNC1)[C@@H]1CC[C@@H]2CN1C(=O)N2OS(=O)(=O)O. The Labute approximate surface area is 344 Å². The fraction of sp³-hybridized carbons (Fsp3) is 0.800. The van der Waals surface area contributed by atoms with Crippen LogP contribution in [-0.2, 0) is 58.1 Å². The van der Waals surface area contributed by atoms with Crippen LogP contribution in [0.25, 0.3) is 0 Å². The molecule has 6 rings (SSSR count). The quantitative estimate of drug-likeness (QED) is 0.105. The van der Waals surface area contributed by atoms with E-state index in [1.807, 2.05) is 0 Å². The molecule has 6 aliphatic rings. The van der Waals surface area contributed by atoms with E-state index in [2.05, 4.69) is 30.4 Å². The molecule has 0 spiro atoms. The van der Waals surface area contributed by atoms with E-state index < -0.39 is 98.3 Å². The third-order valence-electron chi connectivity index (χ3n) is 9.29. The number of carbonyl (C=O) groups is 6. The van der Waals surface area contributed by atoms with Gasteiger partial charge in [-0.15, -0.1) is 8.57 Å². The summed E-state index contributed by atoms with van der Waals surface area (Å²) in [7, 11) is -9.72. The highest BCUT2D eigenvalue weighted by molar-refractivity contribution is 7.81. The molecule has 28 nitrogen and oxygen atoms in total. The standard InChI is InChI=1S/C20H33N5O11S.C10H17N5O7S/c1-19(2,3)33-17(28)23-10-13(11-24(23)18(29)34-20(4,5)6)35-21-15(26)14-8-7-12-9-22(14)16(27)25(12)36-37(30,31)32;16-9(13-21-7-3-11-12-4-7)8-2-1-6-5-14(8)10(17)15(6)22-23(18,19)20/h12-14H,7-11H2,1-6H3,(H,21,26)(H,30,31,32);6-8,11-12H,1-5H2,(H,13,16)(H,18,19,20)/t12-,14+;6-,8+/m11/s1. The third-order valence-corrected chi connectivity index (χ3v) is 9.99. The van der Waals surface area contributed by atoms with Gasteiger partial charge in [-0.2, -0.15) is 27.0 Å². The molecule has 8 amide bonds. The smallest absolute Gasteiger partial charge is 0.429 e. The molecule has 0 radical (unpaired) electrons. The van der Waals surface area contributed by atoms with Crippen LogP contribution in [0, 0.1) is 0 Å². The molecule has 0 aromatic heterocycles. The minimum Gasteiger partial charge on any atom is -0.442 e.